The highest BCUT2D eigenvalue weighted by molar-refractivity contribution is 7.90. The molecule has 196 valence electrons. The van der Waals surface area contributed by atoms with Crippen LogP contribution in [0.5, 0.6) is 11.6 Å². The van der Waals surface area contributed by atoms with Crippen molar-refractivity contribution in [2.45, 2.75) is 19.5 Å². The van der Waals surface area contributed by atoms with E-state index in [0.717, 1.165) is 11.8 Å². The molecule has 1 atom stereocenters. The quantitative estimate of drug-likeness (QED) is 0.289. The van der Waals surface area contributed by atoms with E-state index < -0.39 is 21.6 Å². The maximum Gasteiger partial charge on any atom is 0.331 e. The van der Waals surface area contributed by atoms with Gasteiger partial charge in [0.1, 0.15) is 9.84 Å². The number of rotatable bonds is 11. The largest absolute Gasteiger partial charge is 0.491 e. The molecule has 11 nitrogen and oxygen atoms in total. The Morgan fingerprint density at radius 1 is 1.11 bits per heavy atom. The Labute approximate surface area is 214 Å². The SMILES string of the molecule is CCOc1nc(C(CS(C)(=O)=O)n2c(=O)n(CCOC)c3cc(-c4ccccn4)cnc32)ccc1OC. The maximum absolute atomic E-state index is 13.8. The molecular formula is C25H29N5O6S. The average Bonchev–Trinajstić information content (AvgIpc) is 3.16. The fourth-order valence-electron chi connectivity index (χ4n) is 4.11. The Morgan fingerprint density at radius 3 is 2.57 bits per heavy atom. The first-order valence-electron chi connectivity index (χ1n) is 11.6. The minimum atomic E-state index is -3.55. The average molecular weight is 528 g/mol. The first-order valence-corrected chi connectivity index (χ1v) is 13.7. The zero-order chi connectivity index (χ0) is 26.6. The molecule has 1 unspecified atom stereocenters. The van der Waals surface area contributed by atoms with E-state index in [4.69, 9.17) is 14.2 Å². The predicted molar refractivity (Wildman–Crippen MR) is 139 cm³/mol. The second kappa shape index (κ2) is 11.1. The minimum Gasteiger partial charge on any atom is -0.491 e. The van der Waals surface area contributed by atoms with Crippen LogP contribution in [0.3, 0.4) is 0 Å². The summed E-state index contributed by atoms with van der Waals surface area (Å²) in [5, 5.41) is 0. The number of pyridine rings is 3. The Bertz CT molecular complexity index is 1550. The van der Waals surface area contributed by atoms with Crippen LogP contribution in [0.1, 0.15) is 18.7 Å². The topological polar surface area (TPSA) is 127 Å². The molecule has 12 heteroatoms. The first-order chi connectivity index (χ1) is 17.8. The number of imidazole rings is 1. The van der Waals surface area contributed by atoms with Crippen LogP contribution in [0.2, 0.25) is 0 Å². The number of hydrogen-bond donors (Lipinski definition) is 0. The van der Waals surface area contributed by atoms with Crippen molar-refractivity contribution in [2.24, 2.45) is 0 Å². The van der Waals surface area contributed by atoms with Gasteiger partial charge in [0.05, 0.1) is 55.6 Å². The highest BCUT2D eigenvalue weighted by atomic mass is 32.2. The van der Waals surface area contributed by atoms with Crippen LogP contribution in [0, 0.1) is 0 Å². The molecule has 0 saturated heterocycles. The molecule has 0 fully saturated rings. The van der Waals surface area contributed by atoms with Gasteiger partial charge in [-0.05, 0) is 37.3 Å². The molecule has 0 aliphatic carbocycles. The highest BCUT2D eigenvalue weighted by Gasteiger charge is 2.28. The number of sulfone groups is 1. The number of ether oxygens (including phenoxy) is 3. The molecule has 4 aromatic rings. The van der Waals surface area contributed by atoms with Crippen LogP contribution in [0.15, 0.2) is 53.6 Å². The summed E-state index contributed by atoms with van der Waals surface area (Å²) in [7, 11) is -0.512. The van der Waals surface area contributed by atoms with Crippen molar-refractivity contribution in [1.82, 2.24) is 24.1 Å². The predicted octanol–water partition coefficient (Wildman–Crippen LogP) is 2.34. The molecule has 0 saturated carbocycles. The van der Waals surface area contributed by atoms with Gasteiger partial charge in [-0.25, -0.2) is 23.2 Å². The number of fused-ring (bicyclic) bond motifs is 1. The summed E-state index contributed by atoms with van der Waals surface area (Å²) in [4.78, 5) is 27.3. The van der Waals surface area contributed by atoms with Gasteiger partial charge in [0, 0.05) is 31.3 Å². The van der Waals surface area contributed by atoms with Gasteiger partial charge in [-0.1, -0.05) is 6.07 Å². The molecule has 37 heavy (non-hydrogen) atoms. The van der Waals surface area contributed by atoms with Gasteiger partial charge in [0.15, 0.2) is 11.4 Å². The third-order valence-electron chi connectivity index (χ3n) is 5.74. The zero-order valence-electron chi connectivity index (χ0n) is 21.1. The van der Waals surface area contributed by atoms with Crippen molar-refractivity contribution in [2.75, 3.05) is 39.4 Å². The molecule has 0 amide bonds. The summed E-state index contributed by atoms with van der Waals surface area (Å²) in [5.74, 6) is 0.240. The fourth-order valence-corrected chi connectivity index (χ4v) is 5.00. The molecule has 0 radical (unpaired) electrons. The Balaban J connectivity index is 1.97. The van der Waals surface area contributed by atoms with Crippen molar-refractivity contribution < 1.29 is 22.6 Å². The van der Waals surface area contributed by atoms with E-state index in [2.05, 4.69) is 15.0 Å². The van der Waals surface area contributed by atoms with Crippen molar-refractivity contribution >= 4 is 21.0 Å². The van der Waals surface area contributed by atoms with Crippen molar-refractivity contribution in [3.63, 3.8) is 0 Å². The van der Waals surface area contributed by atoms with E-state index >= 15 is 0 Å². The summed E-state index contributed by atoms with van der Waals surface area (Å²) in [6, 6.07) is 9.65. The van der Waals surface area contributed by atoms with E-state index in [-0.39, 0.29) is 24.8 Å². The molecule has 0 aromatic carbocycles. The Hall–Kier alpha value is -3.77. The van der Waals surface area contributed by atoms with Crippen molar-refractivity contribution in [1.29, 1.82) is 0 Å². The Morgan fingerprint density at radius 2 is 1.92 bits per heavy atom. The number of nitrogens with zero attached hydrogens (tertiary/aromatic N) is 5. The zero-order valence-corrected chi connectivity index (χ0v) is 21.9. The highest BCUT2D eigenvalue weighted by Crippen LogP contribution is 2.30. The smallest absolute Gasteiger partial charge is 0.331 e. The second-order valence-electron chi connectivity index (χ2n) is 8.36. The molecule has 0 bridgehead atoms. The summed E-state index contributed by atoms with van der Waals surface area (Å²) < 4.78 is 44.1. The van der Waals surface area contributed by atoms with E-state index in [0.29, 0.717) is 34.9 Å². The maximum atomic E-state index is 13.8. The van der Waals surface area contributed by atoms with Gasteiger partial charge in [-0.2, -0.15) is 0 Å². The van der Waals surface area contributed by atoms with Gasteiger partial charge in [0.25, 0.3) is 5.88 Å². The van der Waals surface area contributed by atoms with Gasteiger partial charge < -0.3 is 14.2 Å². The van der Waals surface area contributed by atoms with Crippen LogP contribution in [0.4, 0.5) is 0 Å². The van der Waals surface area contributed by atoms with Crippen LogP contribution in [-0.2, 0) is 21.1 Å². The standard InChI is InChI=1S/C25H29N5O6S/c1-5-36-24-22(35-3)10-9-19(28-24)21(16-37(4,32)33)30-23-20(29(25(30)31)12-13-34-2)14-17(15-27-23)18-8-6-7-11-26-18/h6-11,14-15,21H,5,12-13,16H2,1-4H3. The third-order valence-corrected chi connectivity index (χ3v) is 6.67. The lowest BCUT2D eigenvalue weighted by Crippen LogP contribution is -2.32. The van der Waals surface area contributed by atoms with Gasteiger partial charge in [-0.3, -0.25) is 14.1 Å². The molecule has 0 aliphatic heterocycles. The molecule has 4 rings (SSSR count). The van der Waals surface area contributed by atoms with Gasteiger partial charge >= 0.3 is 5.69 Å². The molecule has 0 N–H and O–H groups in total. The molecular weight excluding hydrogens is 498 g/mol. The van der Waals surface area contributed by atoms with Crippen LogP contribution < -0.4 is 15.2 Å². The Kier molecular flexibility index (Phi) is 7.89. The number of hydrogen-bond acceptors (Lipinski definition) is 9. The van der Waals surface area contributed by atoms with Gasteiger partial charge in [0.2, 0.25) is 0 Å². The minimum absolute atomic E-state index is 0.211. The normalized spacial score (nSPS) is 12.5. The third kappa shape index (κ3) is 5.65. The van der Waals surface area contributed by atoms with Gasteiger partial charge in [-0.15, -0.1) is 0 Å². The molecule has 0 spiro atoms. The molecule has 0 aliphatic rings. The monoisotopic (exact) mass is 527 g/mol. The van der Waals surface area contributed by atoms with E-state index in [1.165, 1.54) is 16.2 Å². The van der Waals surface area contributed by atoms with Crippen molar-refractivity contribution in [3.8, 4) is 22.9 Å². The number of aromatic nitrogens is 5. The van der Waals surface area contributed by atoms with Crippen LogP contribution in [-0.4, -0.2) is 71.9 Å². The summed E-state index contributed by atoms with van der Waals surface area (Å²) in [6.07, 6.45) is 4.41. The molecule has 4 heterocycles. The molecule has 4 aromatic heterocycles. The fraction of sp³-hybridized carbons (Fsp3) is 0.360. The summed E-state index contributed by atoms with van der Waals surface area (Å²) in [5.41, 5.74) is 2.17. The summed E-state index contributed by atoms with van der Waals surface area (Å²) >= 11 is 0. The van der Waals surface area contributed by atoms with E-state index in [9.17, 15) is 13.2 Å². The van der Waals surface area contributed by atoms with Crippen LogP contribution >= 0.6 is 0 Å². The number of methoxy groups -OCH3 is 2. The van der Waals surface area contributed by atoms with Crippen molar-refractivity contribution in [3.05, 3.63) is 65.0 Å². The lowest BCUT2D eigenvalue weighted by atomic mass is 10.1. The van der Waals surface area contributed by atoms with E-state index in [1.807, 2.05) is 24.3 Å². The lowest BCUT2D eigenvalue weighted by Gasteiger charge is -2.19. The van der Waals surface area contributed by atoms with Crippen LogP contribution in [0.25, 0.3) is 22.4 Å². The second-order valence-corrected chi connectivity index (χ2v) is 10.5. The first kappa shape index (κ1) is 26.3. The summed E-state index contributed by atoms with van der Waals surface area (Å²) in [6.45, 7) is 2.66. The van der Waals surface area contributed by atoms with E-state index in [1.54, 1.807) is 38.6 Å². The lowest BCUT2D eigenvalue weighted by molar-refractivity contribution is 0.187.